The molecule has 120 valence electrons. The normalized spacial score (nSPS) is 26.9. The zero-order chi connectivity index (χ0) is 15.6. The molecule has 2 rings (SSSR count). The van der Waals surface area contributed by atoms with Gasteiger partial charge in [0.1, 0.15) is 6.10 Å². The molecule has 4 atom stereocenters. The van der Waals surface area contributed by atoms with E-state index in [1.807, 2.05) is 6.92 Å². The van der Waals surface area contributed by atoms with E-state index in [4.69, 9.17) is 5.21 Å². The van der Waals surface area contributed by atoms with Gasteiger partial charge in [0.15, 0.2) is 0 Å². The molecular formula is C14H18N2O5W. The molecule has 0 radical (unpaired) electrons. The summed E-state index contributed by atoms with van der Waals surface area (Å²) < 4.78 is 0. The Morgan fingerprint density at radius 3 is 2.32 bits per heavy atom. The van der Waals surface area contributed by atoms with Crippen molar-refractivity contribution in [3.05, 3.63) is 35.4 Å². The Labute approximate surface area is 141 Å². The first-order valence-electron chi connectivity index (χ1n) is 6.61. The second kappa shape index (κ2) is 7.83. The van der Waals surface area contributed by atoms with Crippen LogP contribution in [0.3, 0.4) is 0 Å². The number of amides is 2. The van der Waals surface area contributed by atoms with Gasteiger partial charge in [-0.15, -0.1) is 0 Å². The van der Waals surface area contributed by atoms with Gasteiger partial charge in [0.05, 0.1) is 18.1 Å². The molecule has 1 aliphatic carbocycles. The number of aryl methyl sites for hydroxylation is 1. The quantitative estimate of drug-likeness (QED) is 0.292. The van der Waals surface area contributed by atoms with Gasteiger partial charge in [-0.1, -0.05) is 17.7 Å². The molecule has 22 heavy (non-hydrogen) atoms. The molecule has 1 fully saturated rings. The predicted molar refractivity (Wildman–Crippen MR) is 72.5 cm³/mol. The number of carbonyl (C=O) groups is 2. The maximum Gasteiger partial charge on any atom is 0.251 e. The van der Waals surface area contributed by atoms with Gasteiger partial charge in [-0.3, -0.25) is 14.8 Å². The van der Waals surface area contributed by atoms with Crippen molar-refractivity contribution >= 4 is 11.8 Å². The van der Waals surface area contributed by atoms with Crippen LogP contribution in [-0.4, -0.2) is 45.5 Å². The van der Waals surface area contributed by atoms with Gasteiger partial charge in [0.25, 0.3) is 5.91 Å². The van der Waals surface area contributed by atoms with E-state index in [-0.39, 0.29) is 27.5 Å². The first kappa shape index (κ1) is 18.8. The van der Waals surface area contributed by atoms with E-state index in [1.54, 1.807) is 24.3 Å². The number of aliphatic hydroxyl groups excluding tert-OH is 2. The summed E-state index contributed by atoms with van der Waals surface area (Å²) in [7, 11) is 0. The van der Waals surface area contributed by atoms with Crippen LogP contribution in [-0.2, 0) is 25.9 Å². The fourth-order valence-electron chi connectivity index (χ4n) is 2.50. The minimum absolute atomic E-state index is 0. The molecular weight excluding hydrogens is 460 g/mol. The number of carbonyl (C=O) groups excluding carboxylic acids is 2. The van der Waals surface area contributed by atoms with Gasteiger partial charge in [-0.25, -0.2) is 5.48 Å². The number of aliphatic hydroxyl groups is 2. The van der Waals surface area contributed by atoms with Crippen molar-refractivity contribution < 1.29 is 46.1 Å². The van der Waals surface area contributed by atoms with Gasteiger partial charge >= 0.3 is 0 Å². The van der Waals surface area contributed by atoms with Crippen molar-refractivity contribution in [2.75, 3.05) is 0 Å². The van der Waals surface area contributed by atoms with E-state index in [9.17, 15) is 19.8 Å². The molecule has 0 spiro atoms. The summed E-state index contributed by atoms with van der Waals surface area (Å²) in [5, 5.41) is 30.8. The third-order valence-electron chi connectivity index (χ3n) is 3.75. The molecule has 0 aromatic heterocycles. The maximum atomic E-state index is 12.1. The minimum Gasteiger partial charge on any atom is -0.390 e. The van der Waals surface area contributed by atoms with E-state index >= 15 is 0 Å². The van der Waals surface area contributed by atoms with E-state index in [2.05, 4.69) is 5.32 Å². The summed E-state index contributed by atoms with van der Waals surface area (Å²) in [6.07, 6.45) is -2.43. The molecule has 0 saturated heterocycles. The zero-order valence-corrected chi connectivity index (χ0v) is 14.8. The van der Waals surface area contributed by atoms with Crippen LogP contribution in [0, 0.1) is 12.8 Å². The smallest absolute Gasteiger partial charge is 0.251 e. The van der Waals surface area contributed by atoms with E-state index < -0.39 is 36.0 Å². The minimum atomic E-state index is -1.26. The molecule has 1 aromatic rings. The molecule has 0 unspecified atom stereocenters. The van der Waals surface area contributed by atoms with Gasteiger partial charge < -0.3 is 15.5 Å². The van der Waals surface area contributed by atoms with Crippen molar-refractivity contribution in [3.63, 3.8) is 0 Å². The largest absolute Gasteiger partial charge is 0.390 e. The van der Waals surface area contributed by atoms with Crippen LogP contribution >= 0.6 is 0 Å². The fraction of sp³-hybridized carbons (Fsp3) is 0.429. The Morgan fingerprint density at radius 1 is 1.18 bits per heavy atom. The first-order valence-corrected chi connectivity index (χ1v) is 6.61. The maximum absolute atomic E-state index is 12.1. The number of hydrogen-bond acceptors (Lipinski definition) is 5. The molecule has 1 aliphatic rings. The summed E-state index contributed by atoms with van der Waals surface area (Å²) in [6.45, 7) is 1.89. The summed E-state index contributed by atoms with van der Waals surface area (Å²) >= 11 is 0. The van der Waals surface area contributed by atoms with Crippen molar-refractivity contribution in [1.82, 2.24) is 10.8 Å². The van der Waals surface area contributed by atoms with Crippen LogP contribution in [0.4, 0.5) is 0 Å². The molecule has 0 heterocycles. The van der Waals surface area contributed by atoms with E-state index in [1.165, 1.54) is 5.48 Å². The van der Waals surface area contributed by atoms with Crippen LogP contribution in [0.25, 0.3) is 0 Å². The predicted octanol–water partition coefficient (Wildman–Crippen LogP) is -0.662. The number of benzene rings is 1. The second-order valence-electron chi connectivity index (χ2n) is 5.24. The van der Waals surface area contributed by atoms with Crippen molar-refractivity contribution in [2.24, 2.45) is 5.92 Å². The van der Waals surface area contributed by atoms with Gasteiger partial charge in [0.2, 0.25) is 5.91 Å². The molecule has 0 aliphatic heterocycles. The fourth-order valence-corrected chi connectivity index (χ4v) is 2.50. The molecule has 1 saturated carbocycles. The number of hydrogen-bond donors (Lipinski definition) is 5. The molecule has 5 N–H and O–H groups in total. The molecule has 0 bridgehead atoms. The Balaban J connectivity index is 0.00000242. The Morgan fingerprint density at radius 2 is 1.77 bits per heavy atom. The first-order chi connectivity index (χ1) is 9.93. The van der Waals surface area contributed by atoms with Crippen molar-refractivity contribution in [1.29, 1.82) is 0 Å². The molecule has 2 amide bonds. The number of rotatable bonds is 3. The monoisotopic (exact) mass is 478 g/mol. The zero-order valence-electron chi connectivity index (χ0n) is 11.9. The Bertz CT molecular complexity index is 537. The van der Waals surface area contributed by atoms with Crippen LogP contribution in [0.2, 0.25) is 0 Å². The summed E-state index contributed by atoms with van der Waals surface area (Å²) in [5.41, 5.74) is 2.87. The second-order valence-corrected chi connectivity index (χ2v) is 5.24. The van der Waals surface area contributed by atoms with Crippen LogP contribution < -0.4 is 10.8 Å². The van der Waals surface area contributed by atoms with Crippen LogP contribution in [0.5, 0.6) is 0 Å². The SMILES string of the molecule is Cc1ccc(C(=O)N[C@@H]2[C@H](O)[C@H](O)C[C@@H]2C(=O)NO)cc1.[W]. The standard InChI is InChI=1S/C14H18N2O5.W/c1-7-2-4-8(5-3-7)13(19)15-11-9(14(20)16-21)6-10(17)12(11)18;/h2-5,9-12,17-18,21H,6H2,1H3,(H,15,19)(H,16,20);/t9-,10+,11-,12+;/m0./s1. The molecule has 7 nitrogen and oxygen atoms in total. The third kappa shape index (κ3) is 3.92. The van der Waals surface area contributed by atoms with Gasteiger partial charge in [-0.2, -0.15) is 0 Å². The summed E-state index contributed by atoms with van der Waals surface area (Å²) in [4.78, 5) is 23.7. The van der Waals surface area contributed by atoms with E-state index in [0.717, 1.165) is 5.56 Å². The molecule has 1 aromatic carbocycles. The Kier molecular flexibility index (Phi) is 6.68. The van der Waals surface area contributed by atoms with Crippen LogP contribution in [0.15, 0.2) is 24.3 Å². The average Bonchev–Trinajstić information content (AvgIpc) is 2.75. The van der Waals surface area contributed by atoms with Crippen molar-refractivity contribution in [2.45, 2.75) is 31.6 Å². The molecule has 8 heteroatoms. The summed E-state index contributed by atoms with van der Waals surface area (Å²) in [5.74, 6) is -2.10. The third-order valence-corrected chi connectivity index (χ3v) is 3.75. The number of nitrogens with one attached hydrogen (secondary N) is 2. The number of hydroxylamine groups is 1. The Hall–Kier alpha value is -1.27. The van der Waals surface area contributed by atoms with Gasteiger partial charge in [-0.05, 0) is 25.5 Å². The van der Waals surface area contributed by atoms with Crippen molar-refractivity contribution in [3.8, 4) is 0 Å². The van der Waals surface area contributed by atoms with Crippen LogP contribution in [0.1, 0.15) is 22.3 Å². The van der Waals surface area contributed by atoms with Gasteiger partial charge in [0, 0.05) is 26.6 Å². The topological polar surface area (TPSA) is 119 Å². The average molecular weight is 478 g/mol. The summed E-state index contributed by atoms with van der Waals surface area (Å²) in [6, 6.07) is 5.84. The van der Waals surface area contributed by atoms with E-state index in [0.29, 0.717) is 5.56 Å².